The molecular formula is C7H14ClNO. The molecule has 1 unspecified atom stereocenters. The number of halogens is 1. The van der Waals surface area contributed by atoms with Crippen LogP contribution in [0.5, 0.6) is 0 Å². The highest BCUT2D eigenvalue weighted by atomic mass is 35.5. The highest BCUT2D eigenvalue weighted by Gasteiger charge is 2.32. The summed E-state index contributed by atoms with van der Waals surface area (Å²) in [5.41, 5.74) is 0.0797. The highest BCUT2D eigenvalue weighted by molar-refractivity contribution is 6.18. The summed E-state index contributed by atoms with van der Waals surface area (Å²) in [6, 6.07) is 0. The minimum atomic E-state index is 0.0797. The van der Waals surface area contributed by atoms with Gasteiger partial charge in [-0.25, -0.2) is 0 Å². The van der Waals surface area contributed by atoms with Gasteiger partial charge in [-0.15, -0.1) is 11.6 Å². The van der Waals surface area contributed by atoms with Crippen LogP contribution in [0.4, 0.5) is 0 Å². The van der Waals surface area contributed by atoms with Gasteiger partial charge in [-0.2, -0.15) is 0 Å². The van der Waals surface area contributed by atoms with Crippen molar-refractivity contribution in [3.05, 3.63) is 0 Å². The van der Waals surface area contributed by atoms with Crippen molar-refractivity contribution >= 4 is 11.6 Å². The average Bonchev–Trinajstić information content (AvgIpc) is 2.39. The van der Waals surface area contributed by atoms with Gasteiger partial charge < -0.3 is 10.1 Å². The van der Waals surface area contributed by atoms with E-state index in [0.29, 0.717) is 5.88 Å². The van der Waals surface area contributed by atoms with Crippen LogP contribution in [0.3, 0.4) is 0 Å². The third kappa shape index (κ3) is 1.62. The van der Waals surface area contributed by atoms with E-state index in [1.165, 1.54) is 0 Å². The van der Waals surface area contributed by atoms with Crippen molar-refractivity contribution in [2.45, 2.75) is 18.9 Å². The van der Waals surface area contributed by atoms with Crippen molar-refractivity contribution in [2.24, 2.45) is 0 Å². The van der Waals surface area contributed by atoms with Gasteiger partial charge in [-0.3, -0.25) is 0 Å². The first-order chi connectivity index (χ1) is 4.83. The van der Waals surface area contributed by atoms with Crippen LogP contribution in [0.25, 0.3) is 0 Å². The summed E-state index contributed by atoms with van der Waals surface area (Å²) in [7, 11) is 0. The van der Waals surface area contributed by atoms with Gasteiger partial charge >= 0.3 is 0 Å². The molecule has 1 rings (SSSR count). The smallest absolute Gasteiger partial charge is 0.0660 e. The lowest BCUT2D eigenvalue weighted by atomic mass is 10.0. The molecule has 3 heteroatoms. The predicted octanol–water partition coefficient (Wildman–Crippen LogP) is 0.994. The van der Waals surface area contributed by atoms with Crippen molar-refractivity contribution in [1.29, 1.82) is 0 Å². The minimum Gasteiger partial charge on any atom is -0.379 e. The zero-order valence-corrected chi connectivity index (χ0v) is 7.08. The largest absolute Gasteiger partial charge is 0.379 e. The molecule has 0 bridgehead atoms. The first kappa shape index (κ1) is 8.31. The van der Waals surface area contributed by atoms with Gasteiger partial charge in [-0.05, 0) is 13.0 Å². The number of ether oxygens (including phenoxy) is 1. The topological polar surface area (TPSA) is 21.3 Å². The van der Waals surface area contributed by atoms with E-state index in [2.05, 4.69) is 12.2 Å². The fraction of sp³-hybridized carbons (Fsp3) is 1.00. The highest BCUT2D eigenvalue weighted by Crippen LogP contribution is 2.19. The molecule has 1 heterocycles. The Balaban J connectivity index is 2.41. The maximum absolute atomic E-state index is 5.80. The summed E-state index contributed by atoms with van der Waals surface area (Å²) in [5, 5.41) is 3.35. The molecule has 1 N–H and O–H groups in total. The second-order valence-corrected chi connectivity index (χ2v) is 3.01. The van der Waals surface area contributed by atoms with Crippen LogP contribution in [0.1, 0.15) is 13.3 Å². The van der Waals surface area contributed by atoms with Crippen molar-refractivity contribution in [3.63, 3.8) is 0 Å². The predicted molar refractivity (Wildman–Crippen MR) is 42.6 cm³/mol. The molecule has 0 saturated carbocycles. The van der Waals surface area contributed by atoms with Crippen molar-refractivity contribution in [3.8, 4) is 0 Å². The molecule has 0 amide bonds. The van der Waals surface area contributed by atoms with Crippen LogP contribution in [0, 0.1) is 0 Å². The van der Waals surface area contributed by atoms with Crippen LogP contribution in [0.15, 0.2) is 0 Å². The number of hydrogen-bond acceptors (Lipinski definition) is 2. The lowest BCUT2D eigenvalue weighted by Crippen LogP contribution is -2.47. The minimum absolute atomic E-state index is 0.0797. The molecule has 2 nitrogen and oxygen atoms in total. The van der Waals surface area contributed by atoms with Crippen LogP contribution in [0.2, 0.25) is 0 Å². The van der Waals surface area contributed by atoms with Gasteiger partial charge in [-0.1, -0.05) is 6.92 Å². The van der Waals surface area contributed by atoms with Gasteiger partial charge in [0.05, 0.1) is 12.1 Å². The van der Waals surface area contributed by atoms with Gasteiger partial charge in [0.1, 0.15) is 0 Å². The maximum atomic E-state index is 5.80. The monoisotopic (exact) mass is 163 g/mol. The third-order valence-corrected chi connectivity index (χ3v) is 2.42. The Morgan fingerprint density at radius 2 is 2.50 bits per heavy atom. The normalized spacial score (nSPS) is 33.0. The quantitative estimate of drug-likeness (QED) is 0.627. The molecule has 0 aromatic carbocycles. The van der Waals surface area contributed by atoms with E-state index in [1.807, 2.05) is 0 Å². The van der Waals surface area contributed by atoms with Crippen molar-refractivity contribution < 1.29 is 4.74 Å². The second kappa shape index (κ2) is 3.56. The van der Waals surface area contributed by atoms with E-state index in [-0.39, 0.29) is 5.54 Å². The Morgan fingerprint density at radius 1 is 1.70 bits per heavy atom. The zero-order chi connectivity index (χ0) is 7.45. The van der Waals surface area contributed by atoms with Crippen LogP contribution in [-0.2, 0) is 4.74 Å². The number of likely N-dealkylation sites (N-methyl/N-ethyl adjacent to an activating group) is 1. The molecule has 0 spiro atoms. The number of rotatable bonds is 3. The molecule has 0 aromatic heterocycles. The lowest BCUT2D eigenvalue weighted by molar-refractivity contribution is 0.173. The first-order valence-corrected chi connectivity index (χ1v) is 4.25. The van der Waals surface area contributed by atoms with Gasteiger partial charge in [0.25, 0.3) is 0 Å². The Hall–Kier alpha value is 0.210. The first-order valence-electron chi connectivity index (χ1n) is 3.72. The summed E-state index contributed by atoms with van der Waals surface area (Å²) in [6.07, 6.45) is 1.05. The molecule has 0 aliphatic carbocycles. The van der Waals surface area contributed by atoms with Crippen molar-refractivity contribution in [2.75, 3.05) is 25.6 Å². The zero-order valence-electron chi connectivity index (χ0n) is 6.32. The number of nitrogens with one attached hydrogen (secondary N) is 1. The lowest BCUT2D eigenvalue weighted by Gasteiger charge is -2.25. The number of alkyl halides is 1. The van der Waals surface area contributed by atoms with E-state index in [1.54, 1.807) is 0 Å². The molecular weight excluding hydrogens is 150 g/mol. The third-order valence-electron chi connectivity index (χ3n) is 1.91. The van der Waals surface area contributed by atoms with E-state index in [0.717, 1.165) is 26.2 Å². The molecule has 1 aliphatic heterocycles. The van der Waals surface area contributed by atoms with Gasteiger partial charge in [0.2, 0.25) is 0 Å². The average molecular weight is 164 g/mol. The summed E-state index contributed by atoms with van der Waals surface area (Å²) >= 11 is 5.80. The van der Waals surface area contributed by atoms with Crippen LogP contribution in [-0.4, -0.2) is 31.2 Å². The number of hydrogen-bond donors (Lipinski definition) is 1. The molecule has 1 atom stereocenters. The Labute approximate surface area is 66.9 Å². The summed E-state index contributed by atoms with van der Waals surface area (Å²) in [4.78, 5) is 0. The Morgan fingerprint density at radius 3 is 2.90 bits per heavy atom. The van der Waals surface area contributed by atoms with E-state index < -0.39 is 0 Å². The fourth-order valence-electron chi connectivity index (χ4n) is 1.27. The standard InChI is InChI=1S/C7H14ClNO/c1-2-9-7(5-8)3-4-10-6-7/h9H,2-6H2,1H3. The summed E-state index contributed by atoms with van der Waals surface area (Å²) < 4.78 is 5.26. The molecule has 10 heavy (non-hydrogen) atoms. The Bertz CT molecular complexity index is 102. The Kier molecular flexibility index (Phi) is 2.96. The van der Waals surface area contributed by atoms with E-state index in [4.69, 9.17) is 16.3 Å². The molecule has 0 aromatic rings. The maximum Gasteiger partial charge on any atom is 0.0660 e. The van der Waals surface area contributed by atoms with Crippen LogP contribution < -0.4 is 5.32 Å². The van der Waals surface area contributed by atoms with Crippen LogP contribution >= 0.6 is 11.6 Å². The summed E-state index contributed by atoms with van der Waals surface area (Å²) in [5.74, 6) is 0.654. The molecule has 1 saturated heterocycles. The SMILES string of the molecule is CCNC1(CCl)CCOC1. The van der Waals surface area contributed by atoms with Crippen molar-refractivity contribution in [1.82, 2.24) is 5.32 Å². The molecule has 60 valence electrons. The van der Waals surface area contributed by atoms with Gasteiger partial charge in [0.15, 0.2) is 0 Å². The fourth-order valence-corrected chi connectivity index (χ4v) is 1.58. The van der Waals surface area contributed by atoms with E-state index >= 15 is 0 Å². The second-order valence-electron chi connectivity index (χ2n) is 2.75. The van der Waals surface area contributed by atoms with E-state index in [9.17, 15) is 0 Å². The molecule has 1 aliphatic rings. The molecule has 1 fully saturated rings. The van der Waals surface area contributed by atoms with Gasteiger partial charge in [0, 0.05) is 12.5 Å². The molecule has 0 radical (unpaired) electrons. The summed E-state index contributed by atoms with van der Waals surface area (Å²) in [6.45, 7) is 4.67.